The van der Waals surface area contributed by atoms with Crippen LogP contribution in [0.1, 0.15) is 30.9 Å². The lowest BCUT2D eigenvalue weighted by Gasteiger charge is -2.49. The van der Waals surface area contributed by atoms with Crippen LogP contribution in [0.5, 0.6) is 0 Å². The summed E-state index contributed by atoms with van der Waals surface area (Å²) >= 11 is 2.06. The minimum atomic E-state index is 0.100. The normalized spacial score (nSPS) is 27.3. The lowest BCUT2D eigenvalue weighted by atomic mass is 9.87. The molecule has 1 fully saturated rings. The van der Waals surface area contributed by atoms with Crippen molar-refractivity contribution in [3.8, 4) is 0 Å². The van der Waals surface area contributed by atoms with Crippen molar-refractivity contribution in [1.82, 2.24) is 0 Å². The van der Waals surface area contributed by atoms with Crippen molar-refractivity contribution >= 4 is 17.4 Å². The number of hydrogen-bond donors (Lipinski definition) is 1. The molecule has 2 unspecified atom stereocenters. The second kappa shape index (κ2) is 5.76. The van der Waals surface area contributed by atoms with Gasteiger partial charge in [0.25, 0.3) is 0 Å². The van der Waals surface area contributed by atoms with E-state index in [1.165, 1.54) is 35.4 Å². The number of likely N-dealkylation sites (N-methyl/N-ethyl adjacent to an activating group) is 1. The molecule has 106 valence electrons. The Morgan fingerprint density at radius 3 is 2.74 bits per heavy atom. The maximum atomic E-state index is 6.19. The fourth-order valence-electron chi connectivity index (χ4n) is 3.26. The van der Waals surface area contributed by atoms with Gasteiger partial charge in [0.05, 0.1) is 5.54 Å². The summed E-state index contributed by atoms with van der Waals surface area (Å²) in [5.74, 6) is 1.27. The number of benzene rings is 1. The molecule has 0 aliphatic carbocycles. The van der Waals surface area contributed by atoms with Crippen LogP contribution >= 0.6 is 11.8 Å². The van der Waals surface area contributed by atoms with Gasteiger partial charge in [0.15, 0.2) is 0 Å². The second-order valence-corrected chi connectivity index (χ2v) is 7.22. The Kier molecular flexibility index (Phi) is 4.46. The van der Waals surface area contributed by atoms with Gasteiger partial charge in [-0.3, -0.25) is 0 Å². The highest BCUT2D eigenvalue weighted by Gasteiger charge is 2.41. The predicted molar refractivity (Wildman–Crippen MR) is 87.3 cm³/mol. The van der Waals surface area contributed by atoms with Crippen molar-refractivity contribution in [2.75, 3.05) is 24.2 Å². The highest BCUT2D eigenvalue weighted by molar-refractivity contribution is 8.00. The van der Waals surface area contributed by atoms with E-state index in [-0.39, 0.29) is 5.54 Å². The summed E-state index contributed by atoms with van der Waals surface area (Å²) in [6.07, 6.45) is 2.46. The summed E-state index contributed by atoms with van der Waals surface area (Å²) in [7, 11) is 2.22. The summed E-state index contributed by atoms with van der Waals surface area (Å²) < 4.78 is 0. The van der Waals surface area contributed by atoms with Gasteiger partial charge in [-0.05, 0) is 44.1 Å². The summed E-state index contributed by atoms with van der Waals surface area (Å²) in [5, 5.41) is 0.581. The molecule has 19 heavy (non-hydrogen) atoms. The number of anilines is 1. The van der Waals surface area contributed by atoms with E-state index in [1.54, 1.807) is 0 Å². The molecule has 0 amide bonds. The monoisotopic (exact) mass is 278 g/mol. The van der Waals surface area contributed by atoms with Gasteiger partial charge < -0.3 is 10.6 Å². The zero-order valence-corrected chi connectivity index (χ0v) is 13.4. The quantitative estimate of drug-likeness (QED) is 0.919. The molecule has 1 aromatic rings. The zero-order chi connectivity index (χ0) is 14.0. The molecular formula is C16H26N2S. The maximum absolute atomic E-state index is 6.19. The first-order valence-corrected chi connectivity index (χ1v) is 8.19. The van der Waals surface area contributed by atoms with E-state index in [0.717, 1.165) is 6.54 Å². The maximum Gasteiger partial charge on any atom is 0.0636 e. The fraction of sp³-hybridized carbons (Fsp3) is 0.625. The topological polar surface area (TPSA) is 29.3 Å². The van der Waals surface area contributed by atoms with Crippen LogP contribution in [0.25, 0.3) is 0 Å². The number of nitrogens with zero attached hydrogens (tertiary/aromatic N) is 1. The van der Waals surface area contributed by atoms with E-state index >= 15 is 0 Å². The first-order valence-electron chi connectivity index (χ1n) is 7.14. The Bertz CT molecular complexity index is 446. The molecule has 0 radical (unpaired) electrons. The van der Waals surface area contributed by atoms with E-state index < -0.39 is 0 Å². The third-order valence-corrected chi connectivity index (χ3v) is 6.08. The second-order valence-electron chi connectivity index (χ2n) is 5.77. The molecular weight excluding hydrogens is 252 g/mol. The molecule has 1 saturated heterocycles. The fourth-order valence-corrected chi connectivity index (χ4v) is 4.61. The number of aryl methyl sites for hydroxylation is 2. The van der Waals surface area contributed by atoms with Crippen molar-refractivity contribution in [3.63, 3.8) is 0 Å². The van der Waals surface area contributed by atoms with Crippen LogP contribution in [-0.2, 0) is 0 Å². The van der Waals surface area contributed by atoms with Crippen molar-refractivity contribution < 1.29 is 0 Å². The van der Waals surface area contributed by atoms with E-state index in [0.29, 0.717) is 5.25 Å². The summed E-state index contributed by atoms with van der Waals surface area (Å²) in [4.78, 5) is 2.44. The first kappa shape index (κ1) is 14.7. The van der Waals surface area contributed by atoms with Crippen molar-refractivity contribution in [2.45, 2.75) is 44.4 Å². The van der Waals surface area contributed by atoms with Crippen molar-refractivity contribution in [2.24, 2.45) is 5.73 Å². The minimum absolute atomic E-state index is 0.100. The number of hydrogen-bond acceptors (Lipinski definition) is 3. The molecule has 1 aromatic carbocycles. The molecule has 0 spiro atoms. The molecule has 2 nitrogen and oxygen atoms in total. The van der Waals surface area contributed by atoms with E-state index in [2.05, 4.69) is 62.7 Å². The van der Waals surface area contributed by atoms with E-state index in [9.17, 15) is 0 Å². The zero-order valence-electron chi connectivity index (χ0n) is 12.6. The Morgan fingerprint density at radius 1 is 1.42 bits per heavy atom. The Hall–Kier alpha value is -0.670. The number of thioether (sulfide) groups is 1. The lowest BCUT2D eigenvalue weighted by Crippen LogP contribution is -2.60. The van der Waals surface area contributed by atoms with Crippen LogP contribution < -0.4 is 10.6 Å². The van der Waals surface area contributed by atoms with Gasteiger partial charge in [0.2, 0.25) is 0 Å². The first-order chi connectivity index (χ1) is 9.01. The molecule has 2 N–H and O–H groups in total. The van der Waals surface area contributed by atoms with Gasteiger partial charge >= 0.3 is 0 Å². The van der Waals surface area contributed by atoms with Crippen molar-refractivity contribution in [3.05, 3.63) is 29.3 Å². The summed E-state index contributed by atoms with van der Waals surface area (Å²) in [5.41, 5.74) is 10.3. The predicted octanol–water partition coefficient (Wildman–Crippen LogP) is 3.35. The summed E-state index contributed by atoms with van der Waals surface area (Å²) in [6.45, 7) is 7.40. The smallest absolute Gasteiger partial charge is 0.0636 e. The average Bonchev–Trinajstić information content (AvgIpc) is 2.39. The number of rotatable bonds is 3. The highest BCUT2D eigenvalue weighted by atomic mass is 32.2. The lowest BCUT2D eigenvalue weighted by molar-refractivity contribution is 0.367. The Balaban J connectivity index is 2.37. The van der Waals surface area contributed by atoms with Gasteiger partial charge in [-0.25, -0.2) is 0 Å². The van der Waals surface area contributed by atoms with Crippen LogP contribution in [0, 0.1) is 13.8 Å². The average molecular weight is 278 g/mol. The largest absolute Gasteiger partial charge is 0.366 e. The molecule has 0 aromatic heterocycles. The molecule has 3 heteroatoms. The molecule has 1 heterocycles. The molecule has 1 aliphatic heterocycles. The molecule has 1 aliphatic rings. The van der Waals surface area contributed by atoms with Crippen LogP contribution in [0.15, 0.2) is 18.2 Å². The molecule has 2 atom stereocenters. The van der Waals surface area contributed by atoms with Gasteiger partial charge in [-0.2, -0.15) is 11.8 Å². The molecule has 0 bridgehead atoms. The van der Waals surface area contributed by atoms with Crippen LogP contribution in [0.2, 0.25) is 0 Å². The standard InChI is InChI=1S/C16H26N2S/c1-12-6-7-15(13(2)10-12)18(4)16(11-17)8-5-9-19-14(16)3/h6-7,10,14H,5,8-9,11,17H2,1-4H3. The number of nitrogens with two attached hydrogens (primary N) is 1. The third kappa shape index (κ3) is 2.63. The van der Waals surface area contributed by atoms with Gasteiger partial charge in [-0.15, -0.1) is 0 Å². The van der Waals surface area contributed by atoms with Gasteiger partial charge in [0, 0.05) is 24.5 Å². The summed E-state index contributed by atoms with van der Waals surface area (Å²) in [6, 6.07) is 6.70. The van der Waals surface area contributed by atoms with E-state index in [1.807, 2.05) is 0 Å². The highest BCUT2D eigenvalue weighted by Crippen LogP contribution is 2.40. The van der Waals surface area contributed by atoms with Crippen LogP contribution in [-0.4, -0.2) is 30.1 Å². The van der Waals surface area contributed by atoms with Gasteiger partial charge in [-0.1, -0.05) is 24.6 Å². The van der Waals surface area contributed by atoms with Gasteiger partial charge in [0.1, 0.15) is 0 Å². The third-order valence-electron chi connectivity index (χ3n) is 4.61. The van der Waals surface area contributed by atoms with Crippen LogP contribution in [0.4, 0.5) is 5.69 Å². The molecule has 0 saturated carbocycles. The van der Waals surface area contributed by atoms with E-state index in [4.69, 9.17) is 5.73 Å². The Labute approximate surface area is 121 Å². The van der Waals surface area contributed by atoms with Crippen LogP contribution in [0.3, 0.4) is 0 Å². The van der Waals surface area contributed by atoms with Crippen molar-refractivity contribution in [1.29, 1.82) is 0 Å². The SMILES string of the molecule is Cc1ccc(N(C)C2(CN)CCCSC2C)c(C)c1. The Morgan fingerprint density at radius 2 is 2.16 bits per heavy atom. The minimum Gasteiger partial charge on any atom is -0.366 e. The molecule has 2 rings (SSSR count).